The van der Waals surface area contributed by atoms with E-state index in [2.05, 4.69) is 31.0 Å². The lowest BCUT2D eigenvalue weighted by molar-refractivity contribution is 0.0734. The molecule has 0 radical (unpaired) electrons. The van der Waals surface area contributed by atoms with E-state index in [1.807, 2.05) is 12.1 Å². The van der Waals surface area contributed by atoms with Crippen molar-refractivity contribution in [2.45, 2.75) is 97.3 Å². The van der Waals surface area contributed by atoms with E-state index in [9.17, 15) is 9.90 Å². The van der Waals surface area contributed by atoms with Crippen molar-refractivity contribution in [3.63, 3.8) is 0 Å². The van der Waals surface area contributed by atoms with E-state index >= 15 is 0 Å². The second kappa shape index (κ2) is 18.7. The molecule has 0 unspecified atom stereocenters. The summed E-state index contributed by atoms with van der Waals surface area (Å²) < 4.78 is 11.3. The van der Waals surface area contributed by atoms with E-state index < -0.39 is 5.97 Å². The van der Waals surface area contributed by atoms with Gasteiger partial charge in [0.1, 0.15) is 17.2 Å². The molecule has 0 bridgehead atoms. The van der Waals surface area contributed by atoms with E-state index in [-0.39, 0.29) is 11.5 Å². The molecular weight excluding hydrogens is 510 g/mol. The first-order valence-electron chi connectivity index (χ1n) is 15.5. The van der Waals surface area contributed by atoms with Crippen LogP contribution in [0.4, 0.5) is 5.69 Å². The number of esters is 1. The fraction of sp³-hybridized carbons (Fsp3) is 0.444. The minimum absolute atomic E-state index is 0.00261. The first-order valence-corrected chi connectivity index (χ1v) is 15.5. The molecule has 5 heteroatoms. The monoisotopic (exact) mass is 557 g/mol. The fourth-order valence-corrected chi connectivity index (χ4v) is 4.62. The lowest BCUT2D eigenvalue weighted by Crippen LogP contribution is -2.08. The summed E-state index contributed by atoms with van der Waals surface area (Å²) in [5, 5.41) is 10.5. The number of carbonyl (C=O) groups excluding carboxylic acids is 1. The fourth-order valence-electron chi connectivity index (χ4n) is 4.62. The summed E-state index contributed by atoms with van der Waals surface area (Å²) >= 11 is 0. The van der Waals surface area contributed by atoms with Gasteiger partial charge >= 0.3 is 5.97 Å². The Morgan fingerprint density at radius 2 is 1.34 bits per heavy atom. The Hall–Kier alpha value is -3.60. The number of nitrogens with zero attached hydrogens (tertiary/aromatic N) is 1. The van der Waals surface area contributed by atoms with Crippen LogP contribution in [0.5, 0.6) is 17.2 Å². The number of unbranched alkanes of at least 4 members (excludes halogenated alkanes) is 10. The predicted molar refractivity (Wildman–Crippen MR) is 169 cm³/mol. The second-order valence-corrected chi connectivity index (χ2v) is 10.7. The smallest absolute Gasteiger partial charge is 0.343 e. The van der Waals surface area contributed by atoms with Crippen LogP contribution >= 0.6 is 0 Å². The molecule has 41 heavy (non-hydrogen) atoms. The standard InChI is InChI=1S/C36H47NO4/c1-3-5-7-9-11-13-15-29-16-21-32(22-17-29)37-28-31-20-25-34(27-35(31)38)41-36(39)30-18-23-33(24-19-30)40-26-14-12-10-8-6-4-2/h16-25,27-28,38H,3-15,26H2,1-2H3. The first kappa shape index (κ1) is 31.9. The maximum absolute atomic E-state index is 12.6. The van der Waals surface area contributed by atoms with Gasteiger partial charge in [0, 0.05) is 17.8 Å². The van der Waals surface area contributed by atoms with Crippen LogP contribution < -0.4 is 9.47 Å². The number of carbonyl (C=O) groups is 1. The number of aliphatic imine (C=N–C) groups is 1. The van der Waals surface area contributed by atoms with Crippen LogP contribution in [0, 0.1) is 0 Å². The number of rotatable bonds is 19. The van der Waals surface area contributed by atoms with Crippen LogP contribution in [-0.4, -0.2) is 23.9 Å². The molecule has 0 atom stereocenters. The van der Waals surface area contributed by atoms with Gasteiger partial charge in [-0.25, -0.2) is 4.79 Å². The summed E-state index contributed by atoms with van der Waals surface area (Å²) in [5.41, 5.74) is 3.12. The first-order chi connectivity index (χ1) is 20.1. The number of phenols is 1. The zero-order valence-corrected chi connectivity index (χ0v) is 24.9. The number of hydrogen-bond donors (Lipinski definition) is 1. The Kier molecular flexibility index (Phi) is 14.6. The molecule has 0 heterocycles. The van der Waals surface area contributed by atoms with Crippen LogP contribution in [-0.2, 0) is 6.42 Å². The summed E-state index contributed by atoms with van der Waals surface area (Å²) in [6, 6.07) is 20.0. The Morgan fingerprint density at radius 1 is 0.732 bits per heavy atom. The van der Waals surface area contributed by atoms with Gasteiger partial charge in [0.2, 0.25) is 0 Å². The van der Waals surface area contributed by atoms with E-state index in [1.165, 1.54) is 82.3 Å². The van der Waals surface area contributed by atoms with Crippen molar-refractivity contribution < 1.29 is 19.4 Å². The van der Waals surface area contributed by atoms with Crippen molar-refractivity contribution in [1.29, 1.82) is 0 Å². The van der Waals surface area contributed by atoms with E-state index in [4.69, 9.17) is 9.47 Å². The zero-order valence-electron chi connectivity index (χ0n) is 24.9. The van der Waals surface area contributed by atoms with Crippen LogP contribution in [0.25, 0.3) is 0 Å². The number of aromatic hydroxyl groups is 1. The van der Waals surface area contributed by atoms with Crippen LogP contribution in [0.3, 0.4) is 0 Å². The highest BCUT2D eigenvalue weighted by Gasteiger charge is 2.11. The molecule has 0 aliphatic rings. The lowest BCUT2D eigenvalue weighted by atomic mass is 10.0. The van der Waals surface area contributed by atoms with Crippen molar-refractivity contribution >= 4 is 17.9 Å². The van der Waals surface area contributed by atoms with Gasteiger partial charge in [-0.3, -0.25) is 4.99 Å². The molecule has 3 rings (SSSR count). The van der Waals surface area contributed by atoms with Crippen molar-refractivity contribution in [3.05, 3.63) is 83.4 Å². The third-order valence-corrected chi connectivity index (χ3v) is 7.18. The Labute approximate surface area is 246 Å². The van der Waals surface area contributed by atoms with Crippen LogP contribution in [0.15, 0.2) is 71.7 Å². The third kappa shape index (κ3) is 12.2. The summed E-state index contributed by atoms with van der Waals surface area (Å²) in [5.74, 6) is 0.516. The number of aryl methyl sites for hydroxylation is 1. The van der Waals surface area contributed by atoms with E-state index in [0.29, 0.717) is 17.7 Å². The van der Waals surface area contributed by atoms with Gasteiger partial charge in [-0.15, -0.1) is 0 Å². The highest BCUT2D eigenvalue weighted by molar-refractivity contribution is 5.91. The average Bonchev–Trinajstić information content (AvgIpc) is 2.99. The minimum Gasteiger partial charge on any atom is -0.507 e. The normalized spacial score (nSPS) is 11.2. The summed E-state index contributed by atoms with van der Waals surface area (Å²) in [7, 11) is 0. The molecule has 5 nitrogen and oxygen atoms in total. The van der Waals surface area contributed by atoms with Crippen molar-refractivity contribution in [2.75, 3.05) is 6.61 Å². The van der Waals surface area contributed by atoms with Gasteiger partial charge in [-0.1, -0.05) is 90.2 Å². The molecule has 0 saturated heterocycles. The van der Waals surface area contributed by atoms with Gasteiger partial charge in [0.25, 0.3) is 0 Å². The molecular formula is C36H47NO4. The molecule has 0 aromatic heterocycles. The quantitative estimate of drug-likeness (QED) is 0.0689. The highest BCUT2D eigenvalue weighted by Crippen LogP contribution is 2.25. The molecule has 0 fully saturated rings. The number of ether oxygens (including phenoxy) is 2. The van der Waals surface area contributed by atoms with Gasteiger partial charge in [-0.2, -0.15) is 0 Å². The van der Waals surface area contributed by atoms with Crippen molar-refractivity contribution in [2.24, 2.45) is 4.99 Å². The molecule has 0 saturated carbocycles. The number of benzene rings is 3. The van der Waals surface area contributed by atoms with Gasteiger partial charge in [-0.05, 0) is 73.4 Å². The van der Waals surface area contributed by atoms with Crippen molar-refractivity contribution in [3.8, 4) is 17.2 Å². The predicted octanol–water partition coefficient (Wildman–Crippen LogP) is 10.0. The Bertz CT molecular complexity index is 1190. The van der Waals surface area contributed by atoms with Crippen molar-refractivity contribution in [1.82, 2.24) is 0 Å². The van der Waals surface area contributed by atoms with E-state index in [1.54, 1.807) is 42.6 Å². The third-order valence-electron chi connectivity index (χ3n) is 7.18. The van der Waals surface area contributed by atoms with E-state index in [0.717, 1.165) is 24.3 Å². The average molecular weight is 558 g/mol. The number of hydrogen-bond acceptors (Lipinski definition) is 5. The van der Waals surface area contributed by atoms with Crippen LogP contribution in [0.1, 0.15) is 112 Å². The van der Waals surface area contributed by atoms with Crippen LogP contribution in [0.2, 0.25) is 0 Å². The highest BCUT2D eigenvalue weighted by atomic mass is 16.5. The van der Waals surface area contributed by atoms with Gasteiger partial charge in [0.15, 0.2) is 0 Å². The van der Waals surface area contributed by atoms with Gasteiger partial charge < -0.3 is 14.6 Å². The second-order valence-electron chi connectivity index (χ2n) is 10.7. The molecule has 0 spiro atoms. The molecule has 0 amide bonds. The summed E-state index contributed by atoms with van der Waals surface area (Å²) in [4.78, 5) is 17.1. The summed E-state index contributed by atoms with van der Waals surface area (Å²) in [6.45, 7) is 5.14. The Morgan fingerprint density at radius 3 is 2.00 bits per heavy atom. The molecule has 3 aromatic rings. The minimum atomic E-state index is -0.491. The zero-order chi connectivity index (χ0) is 29.1. The topological polar surface area (TPSA) is 68.1 Å². The molecule has 1 N–H and O–H groups in total. The largest absolute Gasteiger partial charge is 0.507 e. The molecule has 0 aliphatic heterocycles. The summed E-state index contributed by atoms with van der Waals surface area (Å²) in [6.07, 6.45) is 17.8. The Balaban J connectivity index is 1.43. The maximum Gasteiger partial charge on any atom is 0.343 e. The molecule has 220 valence electrons. The van der Waals surface area contributed by atoms with Gasteiger partial charge in [0.05, 0.1) is 17.9 Å². The maximum atomic E-state index is 12.6. The molecule has 3 aromatic carbocycles. The molecule has 0 aliphatic carbocycles. The SMILES string of the molecule is CCCCCCCCOc1ccc(C(=O)Oc2ccc(C=Nc3ccc(CCCCCCCC)cc3)c(O)c2)cc1. The number of phenolic OH excluding ortho intramolecular Hbond substituents is 1. The lowest BCUT2D eigenvalue weighted by Gasteiger charge is -2.08.